The average Bonchev–Trinajstić information content (AvgIpc) is 3.09. The van der Waals surface area contributed by atoms with Crippen molar-refractivity contribution in [3.05, 3.63) is 37.9 Å². The van der Waals surface area contributed by atoms with E-state index in [2.05, 4.69) is 5.32 Å². The van der Waals surface area contributed by atoms with E-state index in [1.807, 2.05) is 13.8 Å². The van der Waals surface area contributed by atoms with Crippen molar-refractivity contribution in [3.8, 4) is 0 Å². The van der Waals surface area contributed by atoms with Crippen LogP contribution in [0.4, 0.5) is 5.00 Å². The zero-order valence-corrected chi connectivity index (χ0v) is 15.4. The maximum Gasteiger partial charge on any atom is 0.348 e. The second-order valence-corrected chi connectivity index (χ2v) is 7.53. The highest BCUT2D eigenvalue weighted by molar-refractivity contribution is 7.16. The second kappa shape index (κ2) is 7.59. The van der Waals surface area contributed by atoms with Crippen molar-refractivity contribution in [1.29, 1.82) is 0 Å². The Kier molecular flexibility index (Phi) is 5.74. The Bertz CT molecular complexity index is 790. The van der Waals surface area contributed by atoms with Gasteiger partial charge in [0.1, 0.15) is 9.88 Å². The van der Waals surface area contributed by atoms with E-state index in [0.29, 0.717) is 15.4 Å². The standard InChI is InChI=1S/C16H17NO5S2/c1-8-5-6-11(23-8)15(19)22-7-12(18)17-14-13(16(20)21-4)9(2)10(3)24-14/h5-6H,7H2,1-4H3,(H,17,18). The minimum absolute atomic E-state index is 0.327. The van der Waals surface area contributed by atoms with E-state index in [1.54, 1.807) is 19.1 Å². The SMILES string of the molecule is COC(=O)c1c(NC(=O)COC(=O)c2ccc(C)s2)sc(C)c1C. The van der Waals surface area contributed by atoms with Crippen molar-refractivity contribution < 1.29 is 23.9 Å². The van der Waals surface area contributed by atoms with E-state index < -0.39 is 24.5 Å². The Hall–Kier alpha value is -2.19. The Morgan fingerprint density at radius 2 is 1.79 bits per heavy atom. The number of rotatable bonds is 5. The summed E-state index contributed by atoms with van der Waals surface area (Å²) in [5, 5.41) is 3.00. The maximum absolute atomic E-state index is 12.0. The van der Waals surface area contributed by atoms with Gasteiger partial charge in [-0.05, 0) is 38.5 Å². The number of carbonyl (C=O) groups is 3. The molecule has 0 spiro atoms. The van der Waals surface area contributed by atoms with Crippen molar-refractivity contribution in [3.63, 3.8) is 0 Å². The van der Waals surface area contributed by atoms with Crippen LogP contribution in [0.3, 0.4) is 0 Å². The molecule has 0 atom stereocenters. The fraction of sp³-hybridized carbons (Fsp3) is 0.312. The fourth-order valence-electron chi connectivity index (χ4n) is 1.97. The summed E-state index contributed by atoms with van der Waals surface area (Å²) < 4.78 is 9.73. The van der Waals surface area contributed by atoms with E-state index in [0.717, 1.165) is 15.3 Å². The number of aryl methyl sites for hydroxylation is 2. The molecule has 2 aromatic rings. The van der Waals surface area contributed by atoms with Crippen molar-refractivity contribution in [2.45, 2.75) is 20.8 Å². The predicted molar refractivity (Wildman–Crippen MR) is 93.1 cm³/mol. The fourth-order valence-corrected chi connectivity index (χ4v) is 3.80. The van der Waals surface area contributed by atoms with Crippen molar-refractivity contribution in [2.75, 3.05) is 19.0 Å². The molecule has 24 heavy (non-hydrogen) atoms. The highest BCUT2D eigenvalue weighted by Gasteiger charge is 2.22. The topological polar surface area (TPSA) is 81.7 Å². The number of amides is 1. The number of methoxy groups -OCH3 is 1. The van der Waals surface area contributed by atoms with Gasteiger partial charge in [0.05, 0.1) is 12.7 Å². The van der Waals surface area contributed by atoms with Crippen LogP contribution >= 0.6 is 22.7 Å². The number of hydrogen-bond acceptors (Lipinski definition) is 7. The second-order valence-electron chi connectivity index (χ2n) is 5.01. The minimum Gasteiger partial charge on any atom is -0.465 e. The summed E-state index contributed by atoms with van der Waals surface area (Å²) in [6.45, 7) is 5.09. The van der Waals surface area contributed by atoms with Gasteiger partial charge in [0, 0.05) is 9.75 Å². The number of esters is 2. The lowest BCUT2D eigenvalue weighted by atomic mass is 10.1. The number of carbonyl (C=O) groups excluding carboxylic acids is 3. The van der Waals surface area contributed by atoms with E-state index in [9.17, 15) is 14.4 Å². The van der Waals surface area contributed by atoms with Gasteiger partial charge in [-0.25, -0.2) is 9.59 Å². The summed E-state index contributed by atoms with van der Waals surface area (Å²) in [6, 6.07) is 3.46. The van der Waals surface area contributed by atoms with Gasteiger partial charge < -0.3 is 14.8 Å². The van der Waals surface area contributed by atoms with Gasteiger partial charge >= 0.3 is 11.9 Å². The third kappa shape index (κ3) is 4.01. The molecule has 1 amide bonds. The first kappa shape index (κ1) is 18.2. The third-order valence-corrected chi connectivity index (χ3v) is 5.41. The Balaban J connectivity index is 2.01. The summed E-state index contributed by atoms with van der Waals surface area (Å²) in [5.41, 5.74) is 1.08. The number of hydrogen-bond donors (Lipinski definition) is 1. The normalized spacial score (nSPS) is 10.3. The first-order valence-electron chi connectivity index (χ1n) is 7.05. The van der Waals surface area contributed by atoms with Gasteiger partial charge in [0.25, 0.3) is 5.91 Å². The Morgan fingerprint density at radius 3 is 2.38 bits per heavy atom. The van der Waals surface area contributed by atoms with Crippen LogP contribution < -0.4 is 5.32 Å². The van der Waals surface area contributed by atoms with E-state index >= 15 is 0 Å². The largest absolute Gasteiger partial charge is 0.465 e. The quantitative estimate of drug-likeness (QED) is 0.820. The molecule has 0 saturated carbocycles. The molecule has 0 fully saturated rings. The lowest BCUT2D eigenvalue weighted by molar-refractivity contribution is -0.119. The van der Waals surface area contributed by atoms with Crippen LogP contribution in [0.15, 0.2) is 12.1 Å². The molecule has 0 aromatic carbocycles. The third-order valence-electron chi connectivity index (χ3n) is 3.30. The minimum atomic E-state index is -0.546. The molecular weight excluding hydrogens is 350 g/mol. The molecule has 0 aliphatic rings. The molecule has 0 aliphatic heterocycles. The van der Waals surface area contributed by atoms with Gasteiger partial charge in [-0.2, -0.15) is 0 Å². The van der Waals surface area contributed by atoms with Crippen LogP contribution in [0, 0.1) is 20.8 Å². The molecule has 0 unspecified atom stereocenters. The number of anilines is 1. The molecule has 2 aromatic heterocycles. The monoisotopic (exact) mass is 367 g/mol. The maximum atomic E-state index is 12.0. The number of ether oxygens (including phenoxy) is 2. The lowest BCUT2D eigenvalue weighted by Crippen LogP contribution is -2.21. The first-order chi connectivity index (χ1) is 11.3. The Labute approximate surface area is 147 Å². The molecule has 128 valence electrons. The molecular formula is C16H17NO5S2. The molecule has 8 heteroatoms. The van der Waals surface area contributed by atoms with Gasteiger partial charge in [-0.3, -0.25) is 4.79 Å². The summed E-state index contributed by atoms with van der Waals surface area (Å²) in [7, 11) is 1.28. The summed E-state index contributed by atoms with van der Waals surface area (Å²) in [5.74, 6) is -1.57. The van der Waals surface area contributed by atoms with Crippen LogP contribution in [-0.4, -0.2) is 31.6 Å². The smallest absolute Gasteiger partial charge is 0.348 e. The first-order valence-corrected chi connectivity index (χ1v) is 8.68. The van der Waals surface area contributed by atoms with E-state index in [4.69, 9.17) is 9.47 Å². The summed E-state index contributed by atoms with van der Waals surface area (Å²) in [4.78, 5) is 38.0. The average molecular weight is 367 g/mol. The molecule has 0 saturated heterocycles. The van der Waals surface area contributed by atoms with Gasteiger partial charge in [-0.1, -0.05) is 0 Å². The van der Waals surface area contributed by atoms with Crippen molar-refractivity contribution >= 4 is 45.5 Å². The van der Waals surface area contributed by atoms with Crippen LogP contribution in [0.2, 0.25) is 0 Å². The van der Waals surface area contributed by atoms with Crippen LogP contribution in [0.1, 0.15) is 35.3 Å². The van der Waals surface area contributed by atoms with E-state index in [-0.39, 0.29) is 0 Å². The van der Waals surface area contributed by atoms with Gasteiger partial charge in [-0.15, -0.1) is 22.7 Å². The molecule has 0 bridgehead atoms. The summed E-state index contributed by atoms with van der Waals surface area (Å²) >= 11 is 2.58. The van der Waals surface area contributed by atoms with Crippen LogP contribution in [0.5, 0.6) is 0 Å². The molecule has 0 aliphatic carbocycles. The van der Waals surface area contributed by atoms with Gasteiger partial charge in [0.15, 0.2) is 6.61 Å². The van der Waals surface area contributed by atoms with Crippen LogP contribution in [-0.2, 0) is 14.3 Å². The zero-order chi connectivity index (χ0) is 17.9. The predicted octanol–water partition coefficient (Wildman–Crippen LogP) is 3.32. The number of nitrogens with one attached hydrogen (secondary N) is 1. The molecule has 0 radical (unpaired) electrons. The van der Waals surface area contributed by atoms with Crippen molar-refractivity contribution in [2.24, 2.45) is 0 Å². The highest BCUT2D eigenvalue weighted by Crippen LogP contribution is 2.32. The molecule has 1 N–H and O–H groups in total. The van der Waals surface area contributed by atoms with Crippen LogP contribution in [0.25, 0.3) is 0 Å². The summed E-state index contributed by atoms with van der Waals surface area (Å²) in [6.07, 6.45) is 0. The zero-order valence-electron chi connectivity index (χ0n) is 13.7. The van der Waals surface area contributed by atoms with Gasteiger partial charge in [0.2, 0.25) is 0 Å². The lowest BCUT2D eigenvalue weighted by Gasteiger charge is -2.06. The highest BCUT2D eigenvalue weighted by atomic mass is 32.1. The number of thiophene rings is 2. The molecule has 6 nitrogen and oxygen atoms in total. The Morgan fingerprint density at radius 1 is 1.08 bits per heavy atom. The van der Waals surface area contributed by atoms with E-state index in [1.165, 1.54) is 29.8 Å². The molecule has 2 rings (SSSR count). The molecule has 2 heterocycles. The van der Waals surface area contributed by atoms with Crippen molar-refractivity contribution in [1.82, 2.24) is 0 Å².